The molecular formula is C28H26FNO4. The van der Waals surface area contributed by atoms with E-state index in [9.17, 15) is 9.18 Å². The van der Waals surface area contributed by atoms with E-state index in [1.807, 2.05) is 51.1 Å². The molecule has 0 aliphatic carbocycles. The quantitative estimate of drug-likeness (QED) is 0.302. The van der Waals surface area contributed by atoms with Gasteiger partial charge in [-0.25, -0.2) is 4.39 Å². The number of aryl methyl sites for hydroxylation is 1. The van der Waals surface area contributed by atoms with Crippen LogP contribution in [0.25, 0.3) is 27.7 Å². The van der Waals surface area contributed by atoms with Crippen molar-refractivity contribution in [2.75, 3.05) is 19.0 Å². The van der Waals surface area contributed by atoms with E-state index >= 15 is 0 Å². The molecule has 0 fully saturated rings. The third kappa shape index (κ3) is 4.66. The number of amides is 1. The molecule has 0 radical (unpaired) electrons. The standard InChI is InChI=1S/C28H26FNO4/c1-5-33-22-11-9-19(10-12-22)25-16-34-28-18(3)27(32-4)23(15-24(25)28)17(2)13-26(31)30-21-8-6-7-20(29)14-21/h6-16H,5H2,1-4H3,(H,30,31)/b17-13+. The van der Waals surface area contributed by atoms with Gasteiger partial charge >= 0.3 is 0 Å². The van der Waals surface area contributed by atoms with Crippen LogP contribution < -0.4 is 14.8 Å². The van der Waals surface area contributed by atoms with E-state index in [4.69, 9.17) is 13.9 Å². The van der Waals surface area contributed by atoms with Gasteiger partial charge in [-0.2, -0.15) is 0 Å². The van der Waals surface area contributed by atoms with E-state index in [-0.39, 0.29) is 5.91 Å². The van der Waals surface area contributed by atoms with Crippen LogP contribution in [0.4, 0.5) is 10.1 Å². The number of carbonyl (C=O) groups is 1. The number of benzene rings is 3. The maximum absolute atomic E-state index is 13.4. The Kier molecular flexibility index (Phi) is 6.68. The predicted octanol–water partition coefficient (Wildman–Crippen LogP) is 7.00. The van der Waals surface area contributed by atoms with Crippen LogP contribution >= 0.6 is 0 Å². The topological polar surface area (TPSA) is 60.7 Å². The zero-order valence-corrected chi connectivity index (χ0v) is 19.6. The zero-order valence-electron chi connectivity index (χ0n) is 19.6. The van der Waals surface area contributed by atoms with Crippen molar-refractivity contribution < 1.29 is 23.1 Å². The Morgan fingerprint density at radius 1 is 1.15 bits per heavy atom. The molecule has 0 saturated carbocycles. The number of furan rings is 1. The SMILES string of the molecule is CCOc1ccc(-c2coc3c(C)c(OC)c(/C(C)=C/C(=O)Nc4cccc(F)c4)cc23)cc1. The van der Waals surface area contributed by atoms with Crippen LogP contribution in [-0.4, -0.2) is 19.6 Å². The van der Waals surface area contributed by atoms with Gasteiger partial charge < -0.3 is 19.2 Å². The number of carbonyl (C=O) groups excluding carboxylic acids is 1. The van der Waals surface area contributed by atoms with Crippen molar-refractivity contribution in [1.82, 2.24) is 0 Å². The predicted molar refractivity (Wildman–Crippen MR) is 133 cm³/mol. The van der Waals surface area contributed by atoms with Gasteiger partial charge in [0.25, 0.3) is 0 Å². The molecule has 0 spiro atoms. The second kappa shape index (κ2) is 9.83. The number of hydrogen-bond acceptors (Lipinski definition) is 4. The molecule has 34 heavy (non-hydrogen) atoms. The molecule has 1 amide bonds. The molecule has 1 heterocycles. The van der Waals surface area contributed by atoms with Crippen molar-refractivity contribution in [3.8, 4) is 22.6 Å². The van der Waals surface area contributed by atoms with E-state index in [1.54, 1.807) is 25.5 Å². The summed E-state index contributed by atoms with van der Waals surface area (Å²) in [6.07, 6.45) is 3.21. The fraction of sp³-hybridized carbons (Fsp3) is 0.179. The summed E-state index contributed by atoms with van der Waals surface area (Å²) in [4.78, 5) is 12.6. The maximum atomic E-state index is 13.4. The fourth-order valence-electron chi connectivity index (χ4n) is 4.01. The monoisotopic (exact) mass is 459 g/mol. The zero-order chi connectivity index (χ0) is 24.2. The Morgan fingerprint density at radius 3 is 2.59 bits per heavy atom. The van der Waals surface area contributed by atoms with Crippen LogP contribution in [0.3, 0.4) is 0 Å². The Bertz CT molecular complexity index is 1370. The molecule has 5 nitrogen and oxygen atoms in total. The van der Waals surface area contributed by atoms with Crippen molar-refractivity contribution in [3.05, 3.63) is 83.9 Å². The van der Waals surface area contributed by atoms with Gasteiger partial charge in [0.2, 0.25) is 5.91 Å². The van der Waals surface area contributed by atoms with E-state index < -0.39 is 5.82 Å². The number of fused-ring (bicyclic) bond motifs is 1. The highest BCUT2D eigenvalue weighted by atomic mass is 19.1. The summed E-state index contributed by atoms with van der Waals surface area (Å²) in [5.41, 5.74) is 5.35. The lowest BCUT2D eigenvalue weighted by molar-refractivity contribution is -0.111. The number of halogens is 1. The molecule has 0 saturated heterocycles. The number of nitrogens with one attached hydrogen (secondary N) is 1. The molecule has 3 aromatic carbocycles. The molecule has 1 N–H and O–H groups in total. The van der Waals surface area contributed by atoms with Crippen molar-refractivity contribution in [2.24, 2.45) is 0 Å². The largest absolute Gasteiger partial charge is 0.496 e. The average Bonchev–Trinajstić information content (AvgIpc) is 3.24. The molecule has 4 aromatic rings. The second-order valence-electron chi connectivity index (χ2n) is 7.89. The van der Waals surface area contributed by atoms with Gasteiger partial charge in [-0.1, -0.05) is 18.2 Å². The van der Waals surface area contributed by atoms with Gasteiger partial charge in [-0.3, -0.25) is 4.79 Å². The van der Waals surface area contributed by atoms with Gasteiger partial charge in [0.05, 0.1) is 20.0 Å². The van der Waals surface area contributed by atoms with Crippen molar-refractivity contribution in [3.63, 3.8) is 0 Å². The summed E-state index contributed by atoms with van der Waals surface area (Å²) < 4.78 is 30.6. The minimum atomic E-state index is -0.414. The molecule has 0 bridgehead atoms. The lowest BCUT2D eigenvalue weighted by Crippen LogP contribution is -2.09. The molecule has 174 valence electrons. The van der Waals surface area contributed by atoms with Crippen LogP contribution in [0.2, 0.25) is 0 Å². The van der Waals surface area contributed by atoms with Crippen LogP contribution in [0, 0.1) is 12.7 Å². The molecule has 6 heteroatoms. The van der Waals surface area contributed by atoms with Crippen LogP contribution in [0.1, 0.15) is 25.0 Å². The Balaban J connectivity index is 1.73. The summed E-state index contributed by atoms with van der Waals surface area (Å²) in [6.45, 7) is 6.32. The van der Waals surface area contributed by atoms with Gasteiger partial charge in [0.15, 0.2) is 0 Å². The molecule has 0 aliphatic rings. The number of allylic oxidation sites excluding steroid dienone is 1. The highest BCUT2D eigenvalue weighted by molar-refractivity contribution is 6.06. The maximum Gasteiger partial charge on any atom is 0.248 e. The minimum Gasteiger partial charge on any atom is -0.496 e. The van der Waals surface area contributed by atoms with Crippen LogP contribution in [0.15, 0.2) is 71.4 Å². The van der Waals surface area contributed by atoms with Crippen molar-refractivity contribution in [2.45, 2.75) is 20.8 Å². The molecule has 0 atom stereocenters. The first-order valence-electron chi connectivity index (χ1n) is 11.0. The first kappa shape index (κ1) is 23.1. The summed E-state index contributed by atoms with van der Waals surface area (Å²) in [6, 6.07) is 15.6. The summed E-state index contributed by atoms with van der Waals surface area (Å²) >= 11 is 0. The highest BCUT2D eigenvalue weighted by Gasteiger charge is 2.19. The molecule has 0 unspecified atom stereocenters. The lowest BCUT2D eigenvalue weighted by atomic mass is 9.96. The number of anilines is 1. The Labute approximate surface area is 197 Å². The lowest BCUT2D eigenvalue weighted by Gasteiger charge is -2.13. The third-order valence-electron chi connectivity index (χ3n) is 5.59. The smallest absolute Gasteiger partial charge is 0.248 e. The minimum absolute atomic E-state index is 0.359. The Morgan fingerprint density at radius 2 is 1.91 bits per heavy atom. The van der Waals surface area contributed by atoms with Gasteiger partial charge in [0.1, 0.15) is 22.9 Å². The fourth-order valence-corrected chi connectivity index (χ4v) is 4.01. The van der Waals surface area contributed by atoms with E-state index in [2.05, 4.69) is 5.32 Å². The molecule has 4 rings (SSSR count). The molecular weight excluding hydrogens is 433 g/mol. The first-order valence-corrected chi connectivity index (χ1v) is 11.0. The third-order valence-corrected chi connectivity index (χ3v) is 5.59. The molecule has 0 aliphatic heterocycles. The number of ether oxygens (including phenoxy) is 2. The van der Waals surface area contributed by atoms with E-state index in [0.717, 1.165) is 39.0 Å². The number of rotatable bonds is 7. The van der Waals surface area contributed by atoms with Gasteiger partial charge in [-0.15, -0.1) is 0 Å². The number of methoxy groups -OCH3 is 1. The van der Waals surface area contributed by atoms with E-state index in [1.165, 1.54) is 18.2 Å². The van der Waals surface area contributed by atoms with Gasteiger partial charge in [0, 0.05) is 33.8 Å². The van der Waals surface area contributed by atoms with Gasteiger partial charge in [-0.05, 0) is 68.3 Å². The normalized spacial score (nSPS) is 11.5. The summed E-state index contributed by atoms with van der Waals surface area (Å²) in [5.74, 6) is 0.665. The van der Waals surface area contributed by atoms with Crippen molar-refractivity contribution >= 4 is 28.1 Å². The second-order valence-corrected chi connectivity index (χ2v) is 7.89. The van der Waals surface area contributed by atoms with Crippen LogP contribution in [0.5, 0.6) is 11.5 Å². The Hall–Kier alpha value is -4.06. The van der Waals surface area contributed by atoms with E-state index in [0.29, 0.717) is 23.6 Å². The summed E-state index contributed by atoms with van der Waals surface area (Å²) in [5, 5.41) is 3.61. The first-order chi connectivity index (χ1) is 16.4. The average molecular weight is 460 g/mol. The number of hydrogen-bond donors (Lipinski definition) is 1. The highest BCUT2D eigenvalue weighted by Crippen LogP contribution is 2.40. The molecule has 1 aromatic heterocycles. The van der Waals surface area contributed by atoms with Crippen molar-refractivity contribution in [1.29, 1.82) is 0 Å². The van der Waals surface area contributed by atoms with Crippen LogP contribution in [-0.2, 0) is 4.79 Å². The summed E-state index contributed by atoms with van der Waals surface area (Å²) in [7, 11) is 1.59.